The second kappa shape index (κ2) is 7.60. The fourth-order valence-electron chi connectivity index (χ4n) is 4.70. The number of rotatable bonds is 3. The van der Waals surface area contributed by atoms with Crippen LogP contribution in [-0.4, -0.2) is 0 Å². The van der Waals surface area contributed by atoms with Crippen LogP contribution in [0.3, 0.4) is 0 Å². The second-order valence-corrected chi connectivity index (χ2v) is 9.31. The second-order valence-electron chi connectivity index (χ2n) is 7.99. The molecule has 0 saturated heterocycles. The van der Waals surface area contributed by atoms with Gasteiger partial charge in [-0.3, -0.25) is 4.57 Å². The van der Waals surface area contributed by atoms with Gasteiger partial charge in [0, 0.05) is 12.0 Å². The molecule has 2 nitrogen and oxygen atoms in total. The van der Waals surface area contributed by atoms with Gasteiger partial charge in [-0.2, -0.15) is 0 Å². The predicted molar refractivity (Wildman–Crippen MR) is 116 cm³/mol. The van der Waals surface area contributed by atoms with Crippen LogP contribution in [0.1, 0.15) is 54.7 Å². The summed E-state index contributed by atoms with van der Waals surface area (Å²) in [5, 5.41) is 0.853. The molecule has 0 spiro atoms. The van der Waals surface area contributed by atoms with E-state index in [4.69, 9.17) is 4.52 Å². The lowest BCUT2D eigenvalue weighted by molar-refractivity contribution is 0.443. The fourth-order valence-corrected chi connectivity index (χ4v) is 5.90. The number of hydrogen-bond donors (Lipinski definition) is 0. The number of hydrogen-bond acceptors (Lipinski definition) is 2. The first-order valence-electron chi connectivity index (χ1n) is 10.3. The van der Waals surface area contributed by atoms with Gasteiger partial charge < -0.3 is 4.52 Å². The van der Waals surface area contributed by atoms with Crippen LogP contribution in [0.15, 0.2) is 66.7 Å². The van der Waals surface area contributed by atoms with Gasteiger partial charge >= 0.3 is 0 Å². The fraction of sp³-hybridized carbons (Fsp3) is 0.280. The summed E-state index contributed by atoms with van der Waals surface area (Å²) >= 11 is 0. The molecule has 1 aliphatic carbocycles. The van der Waals surface area contributed by atoms with Crippen molar-refractivity contribution in [3.05, 3.63) is 83.4 Å². The van der Waals surface area contributed by atoms with Gasteiger partial charge in [-0.05, 0) is 53.1 Å². The minimum absolute atomic E-state index is 0.625. The van der Waals surface area contributed by atoms with Gasteiger partial charge in [-0.25, -0.2) is 0 Å². The summed E-state index contributed by atoms with van der Waals surface area (Å²) in [5.74, 6) is 1.45. The standard InChI is InChI=1S/C25H25O2P/c26-28-24-14-8-7-13-22(24)23-17-20(19-11-5-2-6-12-19)16-21(25(23)27-28)15-18-9-3-1-4-10-18/h1,3-4,7-10,13-14,16-17,19,28H,2,5-6,11-12,15H2. The maximum Gasteiger partial charge on any atom is 0.266 e. The Hall–Kier alpha value is -2.31. The topological polar surface area (TPSA) is 26.3 Å². The molecule has 28 heavy (non-hydrogen) atoms. The zero-order valence-corrected chi connectivity index (χ0v) is 17.0. The zero-order chi connectivity index (χ0) is 18.9. The first-order chi connectivity index (χ1) is 13.8. The lowest BCUT2D eigenvalue weighted by Crippen LogP contribution is -2.13. The van der Waals surface area contributed by atoms with E-state index in [0.717, 1.165) is 34.2 Å². The van der Waals surface area contributed by atoms with Crippen molar-refractivity contribution in [1.82, 2.24) is 0 Å². The first kappa shape index (κ1) is 17.8. The summed E-state index contributed by atoms with van der Waals surface area (Å²) in [6.45, 7) is 0. The maximum atomic E-state index is 12.8. The van der Waals surface area contributed by atoms with E-state index < -0.39 is 8.03 Å². The van der Waals surface area contributed by atoms with Crippen LogP contribution in [0, 0.1) is 0 Å². The highest BCUT2D eigenvalue weighted by atomic mass is 31.1. The van der Waals surface area contributed by atoms with E-state index in [1.807, 2.05) is 24.3 Å². The van der Waals surface area contributed by atoms with E-state index in [0.29, 0.717) is 5.92 Å². The van der Waals surface area contributed by atoms with Crippen LogP contribution in [-0.2, 0) is 11.0 Å². The number of benzene rings is 3. The van der Waals surface area contributed by atoms with Gasteiger partial charge in [0.2, 0.25) is 0 Å². The van der Waals surface area contributed by atoms with E-state index in [9.17, 15) is 4.57 Å². The Balaban J connectivity index is 1.66. The highest BCUT2D eigenvalue weighted by Crippen LogP contribution is 2.47. The zero-order valence-electron chi connectivity index (χ0n) is 16.0. The largest absolute Gasteiger partial charge is 0.441 e. The predicted octanol–water partition coefficient (Wildman–Crippen LogP) is 6.48. The van der Waals surface area contributed by atoms with Crippen molar-refractivity contribution >= 4 is 13.3 Å². The van der Waals surface area contributed by atoms with Gasteiger partial charge in [0.1, 0.15) is 5.75 Å². The van der Waals surface area contributed by atoms with E-state index in [-0.39, 0.29) is 0 Å². The van der Waals surface area contributed by atoms with Crippen molar-refractivity contribution in [1.29, 1.82) is 0 Å². The van der Waals surface area contributed by atoms with E-state index in [2.05, 4.69) is 42.5 Å². The molecule has 0 bridgehead atoms. The molecule has 1 fully saturated rings. The minimum atomic E-state index is -2.26. The van der Waals surface area contributed by atoms with Crippen LogP contribution >= 0.6 is 8.03 Å². The average Bonchev–Trinajstić information content (AvgIpc) is 2.76. The Kier molecular flexibility index (Phi) is 4.82. The molecule has 142 valence electrons. The lowest BCUT2D eigenvalue weighted by Gasteiger charge is -2.27. The molecule has 1 atom stereocenters. The third-order valence-electron chi connectivity index (χ3n) is 6.13. The van der Waals surface area contributed by atoms with Crippen molar-refractivity contribution in [2.24, 2.45) is 0 Å². The molecule has 0 amide bonds. The van der Waals surface area contributed by atoms with Crippen LogP contribution in [0.25, 0.3) is 11.1 Å². The Morgan fingerprint density at radius 3 is 2.43 bits per heavy atom. The van der Waals surface area contributed by atoms with E-state index >= 15 is 0 Å². The van der Waals surface area contributed by atoms with Gasteiger partial charge in [0.15, 0.2) is 0 Å². The molecule has 0 radical (unpaired) electrons. The van der Waals surface area contributed by atoms with Gasteiger partial charge in [-0.1, -0.05) is 73.9 Å². The SMILES string of the molecule is O=[PH]1Oc2c(Cc3ccccc3)cc(C3CCCCC3)cc2-c2ccccc21. The molecule has 3 aromatic rings. The average molecular weight is 388 g/mol. The van der Waals surface area contributed by atoms with Crippen LogP contribution < -0.4 is 9.83 Å². The quantitative estimate of drug-likeness (QED) is 0.480. The highest BCUT2D eigenvalue weighted by Gasteiger charge is 2.27. The molecule has 2 aliphatic rings. The van der Waals surface area contributed by atoms with Crippen molar-refractivity contribution < 1.29 is 9.09 Å². The van der Waals surface area contributed by atoms with Gasteiger partial charge in [0.25, 0.3) is 8.03 Å². The minimum Gasteiger partial charge on any atom is -0.441 e. The van der Waals surface area contributed by atoms with Crippen molar-refractivity contribution in [3.8, 4) is 16.9 Å². The third kappa shape index (κ3) is 3.31. The molecule has 1 saturated carbocycles. The van der Waals surface area contributed by atoms with Crippen molar-refractivity contribution in [2.75, 3.05) is 0 Å². The van der Waals surface area contributed by atoms with E-state index in [1.54, 1.807) is 0 Å². The Morgan fingerprint density at radius 2 is 1.61 bits per heavy atom. The Labute approximate surface area is 167 Å². The lowest BCUT2D eigenvalue weighted by atomic mass is 9.81. The summed E-state index contributed by atoms with van der Waals surface area (Å²) in [4.78, 5) is 0. The molecule has 3 aromatic carbocycles. The molecule has 0 aromatic heterocycles. The molecule has 5 rings (SSSR count). The van der Waals surface area contributed by atoms with Crippen molar-refractivity contribution in [3.63, 3.8) is 0 Å². The molecule has 1 aliphatic heterocycles. The molecule has 3 heteroatoms. The number of fused-ring (bicyclic) bond motifs is 3. The van der Waals surface area contributed by atoms with Gasteiger partial charge in [0.05, 0.1) is 5.30 Å². The summed E-state index contributed by atoms with van der Waals surface area (Å²) in [6, 6.07) is 23.2. The Morgan fingerprint density at radius 1 is 0.857 bits per heavy atom. The normalized spacial score (nSPS) is 18.8. The Bertz CT molecular complexity index is 1020. The smallest absolute Gasteiger partial charge is 0.266 e. The highest BCUT2D eigenvalue weighted by molar-refractivity contribution is 7.49. The summed E-state index contributed by atoms with van der Waals surface area (Å²) in [7, 11) is -2.26. The molecular formula is C25H25O2P. The monoisotopic (exact) mass is 388 g/mol. The van der Waals surface area contributed by atoms with E-state index in [1.165, 1.54) is 43.2 Å². The summed E-state index contributed by atoms with van der Waals surface area (Å²) in [6.07, 6.45) is 7.33. The van der Waals surface area contributed by atoms with Crippen LogP contribution in [0.5, 0.6) is 5.75 Å². The maximum absolute atomic E-state index is 12.8. The summed E-state index contributed by atoms with van der Waals surface area (Å²) < 4.78 is 18.9. The third-order valence-corrected chi connectivity index (χ3v) is 7.40. The molecular weight excluding hydrogens is 363 g/mol. The first-order valence-corrected chi connectivity index (χ1v) is 11.6. The van der Waals surface area contributed by atoms with Crippen LogP contribution in [0.4, 0.5) is 0 Å². The van der Waals surface area contributed by atoms with Gasteiger partial charge in [-0.15, -0.1) is 0 Å². The van der Waals surface area contributed by atoms with Crippen LogP contribution in [0.2, 0.25) is 0 Å². The summed E-state index contributed by atoms with van der Waals surface area (Å²) in [5.41, 5.74) is 6.04. The molecule has 0 N–H and O–H groups in total. The van der Waals surface area contributed by atoms with Crippen molar-refractivity contribution in [2.45, 2.75) is 44.4 Å². The molecule has 1 unspecified atom stereocenters. The molecule has 1 heterocycles.